The van der Waals surface area contributed by atoms with Crippen molar-refractivity contribution < 1.29 is 18.0 Å². The Hall–Kier alpha value is -2.51. The molecule has 1 aromatic heterocycles. The van der Waals surface area contributed by atoms with Gasteiger partial charge in [-0.15, -0.1) is 0 Å². The van der Waals surface area contributed by atoms with Crippen LogP contribution >= 0.6 is 23.2 Å². The van der Waals surface area contributed by atoms with Gasteiger partial charge in [0.15, 0.2) is 0 Å². The third-order valence-electron chi connectivity index (χ3n) is 4.11. The summed E-state index contributed by atoms with van der Waals surface area (Å²) in [6.07, 6.45) is -3.28. The van der Waals surface area contributed by atoms with Crippen LogP contribution in [0.2, 0.25) is 10.0 Å². The molecule has 1 N–H and O–H groups in total. The number of amides is 1. The number of rotatable bonds is 3. The van der Waals surface area contributed by atoms with Crippen LogP contribution in [0.1, 0.15) is 22.8 Å². The van der Waals surface area contributed by atoms with E-state index in [9.17, 15) is 22.8 Å². The SMILES string of the molecule is CCn1cc(C(=O)Nc2cc(Cl)cc(Cl)c2)c(=O)c2cc(C(F)(F)F)ccc21. The molecule has 3 rings (SSSR count). The number of hydrogen-bond donors (Lipinski definition) is 1. The molecule has 0 radical (unpaired) electrons. The quantitative estimate of drug-likeness (QED) is 0.590. The van der Waals surface area contributed by atoms with E-state index < -0.39 is 23.1 Å². The third kappa shape index (κ3) is 4.00. The van der Waals surface area contributed by atoms with Crippen molar-refractivity contribution in [2.24, 2.45) is 0 Å². The van der Waals surface area contributed by atoms with Crippen molar-refractivity contribution in [3.63, 3.8) is 0 Å². The number of aromatic nitrogens is 1. The molecule has 0 saturated carbocycles. The van der Waals surface area contributed by atoms with Crippen LogP contribution in [0.15, 0.2) is 47.4 Å². The molecule has 3 aromatic rings. The van der Waals surface area contributed by atoms with Gasteiger partial charge >= 0.3 is 6.18 Å². The van der Waals surface area contributed by atoms with Gasteiger partial charge in [-0.3, -0.25) is 9.59 Å². The normalized spacial score (nSPS) is 11.6. The van der Waals surface area contributed by atoms with Gasteiger partial charge < -0.3 is 9.88 Å². The molecule has 4 nitrogen and oxygen atoms in total. The third-order valence-corrected chi connectivity index (χ3v) is 4.55. The second-order valence-corrected chi connectivity index (χ2v) is 6.87. The summed E-state index contributed by atoms with van der Waals surface area (Å²) in [4.78, 5) is 25.4. The van der Waals surface area contributed by atoms with Crippen LogP contribution in [0.25, 0.3) is 10.9 Å². The smallest absolute Gasteiger partial charge is 0.347 e. The molecule has 1 amide bonds. The zero-order valence-corrected chi connectivity index (χ0v) is 15.9. The zero-order valence-electron chi connectivity index (χ0n) is 14.4. The first-order chi connectivity index (χ1) is 13.1. The Bertz CT molecular complexity index is 1120. The molecule has 0 atom stereocenters. The number of nitrogens with zero attached hydrogens (tertiary/aromatic N) is 1. The minimum atomic E-state index is -4.60. The van der Waals surface area contributed by atoms with Crippen LogP contribution in [0.3, 0.4) is 0 Å². The number of anilines is 1. The Kier molecular flexibility index (Phi) is 5.41. The number of carbonyl (C=O) groups excluding carboxylic acids is 1. The van der Waals surface area contributed by atoms with Crippen LogP contribution in [0.5, 0.6) is 0 Å². The number of alkyl halides is 3. The molecule has 0 fully saturated rings. The maximum Gasteiger partial charge on any atom is 0.416 e. The van der Waals surface area contributed by atoms with Gasteiger partial charge in [-0.2, -0.15) is 13.2 Å². The van der Waals surface area contributed by atoms with Gasteiger partial charge in [-0.05, 0) is 43.3 Å². The first kappa shape index (κ1) is 20.2. The van der Waals surface area contributed by atoms with Crippen molar-refractivity contribution in [2.45, 2.75) is 19.6 Å². The van der Waals surface area contributed by atoms with Gasteiger partial charge in [-0.25, -0.2) is 0 Å². The Labute approximate surface area is 167 Å². The largest absolute Gasteiger partial charge is 0.416 e. The average molecular weight is 429 g/mol. The summed E-state index contributed by atoms with van der Waals surface area (Å²) in [6, 6.07) is 7.23. The topological polar surface area (TPSA) is 51.1 Å². The molecule has 0 aliphatic carbocycles. The lowest BCUT2D eigenvalue weighted by atomic mass is 10.1. The van der Waals surface area contributed by atoms with Crippen molar-refractivity contribution >= 4 is 45.7 Å². The molecule has 0 unspecified atom stereocenters. The van der Waals surface area contributed by atoms with E-state index in [0.717, 1.165) is 12.1 Å². The highest BCUT2D eigenvalue weighted by Gasteiger charge is 2.31. The Morgan fingerprint density at radius 1 is 1.11 bits per heavy atom. The summed E-state index contributed by atoms with van der Waals surface area (Å²) >= 11 is 11.8. The van der Waals surface area contributed by atoms with Crippen LogP contribution in [-0.2, 0) is 12.7 Å². The molecule has 28 heavy (non-hydrogen) atoms. The van der Waals surface area contributed by atoms with Crippen LogP contribution in [0, 0.1) is 0 Å². The van der Waals surface area contributed by atoms with Gasteiger partial charge in [0, 0.05) is 33.9 Å². The fourth-order valence-electron chi connectivity index (χ4n) is 2.82. The lowest BCUT2D eigenvalue weighted by molar-refractivity contribution is -0.137. The van der Waals surface area contributed by atoms with Gasteiger partial charge in [-0.1, -0.05) is 23.2 Å². The minimum absolute atomic E-state index is 0.187. The van der Waals surface area contributed by atoms with Gasteiger partial charge in [0.25, 0.3) is 5.91 Å². The van der Waals surface area contributed by atoms with Crippen molar-refractivity contribution in [1.82, 2.24) is 4.57 Å². The number of halogens is 5. The molecule has 0 spiro atoms. The van der Waals surface area contributed by atoms with Crippen molar-refractivity contribution in [2.75, 3.05) is 5.32 Å². The molecule has 0 saturated heterocycles. The first-order valence-corrected chi connectivity index (χ1v) is 8.87. The lowest BCUT2D eigenvalue weighted by Gasteiger charge is -2.14. The second kappa shape index (κ2) is 7.48. The predicted octanol–water partition coefficient (Wildman–Crippen LogP) is 5.60. The maximum absolute atomic E-state index is 13.0. The first-order valence-electron chi connectivity index (χ1n) is 8.12. The molecule has 0 bridgehead atoms. The Balaban J connectivity index is 2.13. The highest BCUT2D eigenvalue weighted by atomic mass is 35.5. The fraction of sp³-hybridized carbons (Fsp3) is 0.158. The highest BCUT2D eigenvalue weighted by molar-refractivity contribution is 6.35. The van der Waals surface area contributed by atoms with E-state index in [-0.39, 0.29) is 26.7 Å². The van der Waals surface area contributed by atoms with E-state index in [0.29, 0.717) is 12.1 Å². The summed E-state index contributed by atoms with van der Waals surface area (Å²) in [5.74, 6) is -0.773. The molecule has 1 heterocycles. The standard InChI is InChI=1S/C19H13Cl2F3N2O2/c1-2-26-9-15(18(28)25-13-7-11(20)6-12(21)8-13)17(27)14-5-10(19(22,23)24)3-4-16(14)26/h3-9H,2H2,1H3,(H,25,28). The van der Waals surface area contributed by atoms with E-state index >= 15 is 0 Å². The summed E-state index contributed by atoms with van der Waals surface area (Å²) in [7, 11) is 0. The Morgan fingerprint density at radius 2 is 1.75 bits per heavy atom. The zero-order chi connectivity index (χ0) is 20.6. The number of hydrogen-bond acceptors (Lipinski definition) is 2. The Morgan fingerprint density at radius 3 is 2.32 bits per heavy atom. The molecule has 2 aromatic carbocycles. The van der Waals surface area contributed by atoms with Crippen molar-refractivity contribution in [3.05, 3.63) is 74.0 Å². The summed E-state index contributed by atoms with van der Waals surface area (Å²) in [5, 5.41) is 2.87. The predicted molar refractivity (Wildman–Crippen MR) is 103 cm³/mol. The van der Waals surface area contributed by atoms with Crippen LogP contribution < -0.4 is 10.7 Å². The molecule has 9 heteroatoms. The number of pyridine rings is 1. The van der Waals surface area contributed by atoms with Crippen molar-refractivity contribution in [1.29, 1.82) is 0 Å². The number of carbonyl (C=O) groups is 1. The van der Waals surface area contributed by atoms with Gasteiger partial charge in [0.05, 0.1) is 11.1 Å². The van der Waals surface area contributed by atoms with E-state index in [1.165, 1.54) is 35.0 Å². The van der Waals surface area contributed by atoms with Crippen molar-refractivity contribution in [3.8, 4) is 0 Å². The average Bonchev–Trinajstić information content (AvgIpc) is 2.60. The number of nitrogens with one attached hydrogen (secondary N) is 1. The van der Waals surface area contributed by atoms with Crippen LogP contribution in [0.4, 0.5) is 18.9 Å². The van der Waals surface area contributed by atoms with Gasteiger partial charge in [0.2, 0.25) is 5.43 Å². The van der Waals surface area contributed by atoms with Crippen LogP contribution in [-0.4, -0.2) is 10.5 Å². The molecule has 146 valence electrons. The number of fused-ring (bicyclic) bond motifs is 1. The monoisotopic (exact) mass is 428 g/mol. The minimum Gasteiger partial charge on any atom is -0.347 e. The molecular weight excluding hydrogens is 416 g/mol. The molecule has 0 aliphatic heterocycles. The van der Waals surface area contributed by atoms with E-state index in [1.54, 1.807) is 6.92 Å². The molecular formula is C19H13Cl2F3N2O2. The summed E-state index contributed by atoms with van der Waals surface area (Å²) < 4.78 is 40.7. The fourth-order valence-corrected chi connectivity index (χ4v) is 3.35. The second-order valence-electron chi connectivity index (χ2n) is 6.00. The van der Waals surface area contributed by atoms with E-state index in [1.807, 2.05) is 0 Å². The van der Waals surface area contributed by atoms with E-state index in [2.05, 4.69) is 5.32 Å². The van der Waals surface area contributed by atoms with E-state index in [4.69, 9.17) is 23.2 Å². The lowest BCUT2D eigenvalue weighted by Crippen LogP contribution is -2.24. The maximum atomic E-state index is 13.0. The number of aryl methyl sites for hydroxylation is 1. The number of benzene rings is 2. The highest BCUT2D eigenvalue weighted by Crippen LogP contribution is 2.31. The summed E-state index contributed by atoms with van der Waals surface area (Å²) in [6.45, 7) is 2.10. The summed E-state index contributed by atoms with van der Waals surface area (Å²) in [5.41, 5.74) is -1.47. The van der Waals surface area contributed by atoms with Gasteiger partial charge in [0.1, 0.15) is 5.56 Å². The molecule has 0 aliphatic rings.